The third-order valence-electron chi connectivity index (χ3n) is 9.70. The van der Waals surface area contributed by atoms with Crippen LogP contribution in [0.5, 0.6) is 6.01 Å². The van der Waals surface area contributed by atoms with Crippen LogP contribution in [0.2, 0.25) is 0 Å². The van der Waals surface area contributed by atoms with Crippen LogP contribution in [0.15, 0.2) is 6.20 Å². The van der Waals surface area contributed by atoms with Crippen LogP contribution in [-0.2, 0) is 0 Å². The minimum atomic E-state index is -2.80. The Morgan fingerprint density at radius 3 is 2.78 bits per heavy atom. The molecule has 2 saturated carbocycles. The molecule has 0 aromatic carbocycles. The largest absolute Gasteiger partial charge is 0.461 e. The Labute approximate surface area is 207 Å². The molecule has 1 spiro atoms. The highest BCUT2D eigenvalue weighted by Gasteiger charge is 2.71. The average Bonchev–Trinajstić information content (AvgIpc) is 3.56. The third-order valence-corrected chi connectivity index (χ3v) is 9.70. The Morgan fingerprint density at radius 2 is 2.00 bits per heavy atom. The number of anilines is 1. The van der Waals surface area contributed by atoms with Gasteiger partial charge in [0.25, 0.3) is 5.92 Å². The third kappa shape index (κ3) is 3.21. The minimum Gasteiger partial charge on any atom is -0.461 e. The lowest BCUT2D eigenvalue weighted by Gasteiger charge is -2.31. The summed E-state index contributed by atoms with van der Waals surface area (Å²) in [6.07, 6.45) is 4.88. The topological polar surface area (TPSA) is 54.4 Å². The molecule has 3 saturated heterocycles. The lowest BCUT2D eigenvalue weighted by atomic mass is 9.88. The molecule has 194 valence electrons. The summed E-state index contributed by atoms with van der Waals surface area (Å²) in [5, 5.41) is 0.310. The van der Waals surface area contributed by atoms with Crippen LogP contribution in [0.25, 0.3) is 10.9 Å². The second kappa shape index (κ2) is 7.42. The lowest BCUT2D eigenvalue weighted by Crippen LogP contribution is -2.43. The summed E-state index contributed by atoms with van der Waals surface area (Å²) in [4.78, 5) is 16.9. The first-order chi connectivity index (χ1) is 17.1. The van der Waals surface area contributed by atoms with E-state index in [4.69, 9.17) is 4.74 Å². The molecule has 5 fully saturated rings. The molecule has 10 heteroatoms. The van der Waals surface area contributed by atoms with E-state index in [1.165, 1.54) is 6.20 Å². The maximum absolute atomic E-state index is 15.2. The van der Waals surface area contributed by atoms with E-state index in [2.05, 4.69) is 26.8 Å². The van der Waals surface area contributed by atoms with Gasteiger partial charge >= 0.3 is 6.01 Å². The number of pyridine rings is 1. The zero-order chi connectivity index (χ0) is 25.0. The van der Waals surface area contributed by atoms with Crippen molar-refractivity contribution in [2.45, 2.75) is 76.0 Å². The zero-order valence-electron chi connectivity index (χ0n) is 20.6. The molecule has 0 amide bonds. The molecule has 7 rings (SSSR count). The summed E-state index contributed by atoms with van der Waals surface area (Å²) in [5.41, 5.74) is -0.0149. The highest BCUT2D eigenvalue weighted by Crippen LogP contribution is 2.64. The fourth-order valence-electron chi connectivity index (χ4n) is 7.53. The average molecular weight is 506 g/mol. The first-order valence-electron chi connectivity index (χ1n) is 13.1. The number of rotatable bonds is 4. The van der Waals surface area contributed by atoms with Gasteiger partial charge in [-0.15, -0.1) is 0 Å². The molecule has 2 aromatic heterocycles. The second-order valence-electron chi connectivity index (χ2n) is 12.0. The molecule has 6 atom stereocenters. The van der Waals surface area contributed by atoms with Crippen molar-refractivity contribution in [2.75, 3.05) is 31.1 Å². The number of nitrogens with zero attached hydrogens (tertiary/aromatic N) is 5. The number of fused-ring (bicyclic) bond motifs is 3. The van der Waals surface area contributed by atoms with Gasteiger partial charge in [0, 0.05) is 32.3 Å². The van der Waals surface area contributed by atoms with Gasteiger partial charge in [0.1, 0.15) is 30.2 Å². The maximum atomic E-state index is 15.2. The molecule has 0 N–H and O–H groups in total. The Bertz CT molecular complexity index is 1240. The quantitative estimate of drug-likeness (QED) is 0.563. The molecule has 4 unspecified atom stereocenters. The maximum Gasteiger partial charge on any atom is 0.319 e. The number of aryl methyl sites for hydroxylation is 1. The molecule has 5 aliphatic rings. The number of halogens is 4. The molecular weight excluding hydrogens is 474 g/mol. The predicted octanol–water partition coefficient (Wildman–Crippen LogP) is 4.69. The minimum absolute atomic E-state index is 0.0233. The lowest BCUT2D eigenvalue weighted by molar-refractivity contribution is 0.0887. The van der Waals surface area contributed by atoms with Gasteiger partial charge < -0.3 is 9.64 Å². The zero-order valence-corrected chi connectivity index (χ0v) is 20.6. The van der Waals surface area contributed by atoms with Crippen molar-refractivity contribution in [1.29, 1.82) is 0 Å². The highest BCUT2D eigenvalue weighted by molar-refractivity contribution is 5.90. The summed E-state index contributed by atoms with van der Waals surface area (Å²) >= 11 is 0. The smallest absolute Gasteiger partial charge is 0.319 e. The first-order valence-corrected chi connectivity index (χ1v) is 13.1. The van der Waals surface area contributed by atoms with E-state index in [0.717, 1.165) is 25.8 Å². The van der Waals surface area contributed by atoms with Crippen LogP contribution in [0, 0.1) is 30.0 Å². The van der Waals surface area contributed by atoms with Gasteiger partial charge in [0.15, 0.2) is 5.82 Å². The van der Waals surface area contributed by atoms with Crippen LogP contribution < -0.4 is 9.64 Å². The summed E-state index contributed by atoms with van der Waals surface area (Å²) in [6, 6.07) is -1.01. The fourth-order valence-corrected chi connectivity index (χ4v) is 7.53. The van der Waals surface area contributed by atoms with E-state index in [1.54, 1.807) is 11.8 Å². The Morgan fingerprint density at radius 1 is 1.19 bits per heavy atom. The van der Waals surface area contributed by atoms with E-state index >= 15 is 4.39 Å². The van der Waals surface area contributed by atoms with E-state index in [0.29, 0.717) is 43.7 Å². The predicted molar refractivity (Wildman–Crippen MR) is 126 cm³/mol. The number of aromatic nitrogens is 3. The molecule has 0 bridgehead atoms. The van der Waals surface area contributed by atoms with E-state index in [-0.39, 0.29) is 35.1 Å². The van der Waals surface area contributed by atoms with Gasteiger partial charge in [-0.25, -0.2) is 17.6 Å². The van der Waals surface area contributed by atoms with Crippen molar-refractivity contribution < 1.29 is 22.3 Å². The van der Waals surface area contributed by atoms with Gasteiger partial charge in [-0.2, -0.15) is 9.97 Å². The van der Waals surface area contributed by atoms with Gasteiger partial charge in [-0.1, -0.05) is 13.3 Å². The fraction of sp³-hybridized carbons (Fsp3) is 0.731. The SMILES string of the molecule is Cc1ncc2c(N3CCCCC4C3C4(F)F)nc(OC[C@]34C[C@@H](F)CN3CC3(CC3C)C4)nc2c1F. The van der Waals surface area contributed by atoms with Crippen molar-refractivity contribution in [3.8, 4) is 6.01 Å². The molecule has 5 heterocycles. The number of ether oxygens (including phenoxy) is 1. The number of alkyl halides is 3. The Hall–Kier alpha value is -2.23. The molecule has 36 heavy (non-hydrogen) atoms. The van der Waals surface area contributed by atoms with Gasteiger partial charge in [-0.3, -0.25) is 9.88 Å². The van der Waals surface area contributed by atoms with E-state index in [9.17, 15) is 13.2 Å². The summed E-state index contributed by atoms with van der Waals surface area (Å²) < 4.78 is 65.1. The highest BCUT2D eigenvalue weighted by atomic mass is 19.3. The van der Waals surface area contributed by atoms with Gasteiger partial charge in [0.2, 0.25) is 0 Å². The Kier molecular flexibility index (Phi) is 4.73. The van der Waals surface area contributed by atoms with Crippen LogP contribution in [0.1, 0.15) is 51.1 Å². The van der Waals surface area contributed by atoms with E-state index in [1.807, 2.05) is 0 Å². The van der Waals surface area contributed by atoms with Crippen LogP contribution in [0.3, 0.4) is 0 Å². The number of hydrogen-bond donors (Lipinski definition) is 0. The van der Waals surface area contributed by atoms with Gasteiger partial charge in [0.05, 0.1) is 22.5 Å². The summed E-state index contributed by atoms with van der Waals surface area (Å²) in [6.45, 7) is 5.64. The van der Waals surface area contributed by atoms with E-state index < -0.39 is 35.4 Å². The van der Waals surface area contributed by atoms with Crippen molar-refractivity contribution in [2.24, 2.45) is 17.3 Å². The summed E-state index contributed by atoms with van der Waals surface area (Å²) in [5.74, 6) is -3.26. The molecular formula is C26H31F4N5O. The molecule has 6 nitrogen and oxygen atoms in total. The van der Waals surface area contributed by atoms with Crippen LogP contribution in [-0.4, -0.2) is 69.8 Å². The monoisotopic (exact) mass is 505 g/mol. The normalized spacial score (nSPS) is 38.8. The van der Waals surface area contributed by atoms with Crippen LogP contribution >= 0.6 is 0 Å². The summed E-state index contributed by atoms with van der Waals surface area (Å²) in [7, 11) is 0. The van der Waals surface area contributed by atoms with Crippen molar-refractivity contribution >= 4 is 16.7 Å². The molecule has 2 aromatic rings. The van der Waals surface area contributed by atoms with Crippen molar-refractivity contribution in [1.82, 2.24) is 19.9 Å². The first kappa shape index (κ1) is 22.9. The standard InChI is InChI=1S/C26H31F4N5O/c1-14-7-24(14)11-25(8-16(27)10-34(25)12-24)13-36-23-32-20-17(9-31-15(2)19(20)28)22(33-23)35-6-4-3-5-18-21(35)26(18,29)30/h9,14,16,18,21H,3-8,10-13H2,1-2H3/t14?,16-,18?,21?,24?,25-/m1/s1. The van der Waals surface area contributed by atoms with Crippen molar-refractivity contribution in [3.63, 3.8) is 0 Å². The second-order valence-corrected chi connectivity index (χ2v) is 12.0. The molecule has 3 aliphatic heterocycles. The van der Waals surface area contributed by atoms with Gasteiger partial charge in [-0.05, 0) is 43.9 Å². The molecule has 2 aliphatic carbocycles. The van der Waals surface area contributed by atoms with Crippen LogP contribution in [0.4, 0.5) is 23.4 Å². The number of hydrogen-bond acceptors (Lipinski definition) is 6. The Balaban J connectivity index is 1.25. The molecule has 0 radical (unpaired) electrons. The van der Waals surface area contributed by atoms with Crippen molar-refractivity contribution in [3.05, 3.63) is 17.7 Å².